The fourth-order valence-electron chi connectivity index (χ4n) is 2.90. The van der Waals surface area contributed by atoms with Gasteiger partial charge in [0.15, 0.2) is 0 Å². The van der Waals surface area contributed by atoms with Gasteiger partial charge >= 0.3 is 0 Å². The molecule has 0 spiro atoms. The third-order valence-corrected chi connectivity index (χ3v) is 3.96. The first-order chi connectivity index (χ1) is 11.0. The number of likely N-dealkylation sites (N-methyl/N-ethyl adjacent to an activating group) is 1. The van der Waals surface area contributed by atoms with Crippen LogP contribution in [0.25, 0.3) is 0 Å². The first kappa shape index (κ1) is 17.6. The van der Waals surface area contributed by atoms with Crippen LogP contribution in [0.4, 0.5) is 0 Å². The summed E-state index contributed by atoms with van der Waals surface area (Å²) < 4.78 is 0. The molecule has 1 aliphatic heterocycles. The Morgan fingerprint density at radius 2 is 2.35 bits per heavy atom. The van der Waals surface area contributed by atoms with Crippen LogP contribution in [0.1, 0.15) is 24.1 Å². The molecule has 1 atom stereocenters. The van der Waals surface area contributed by atoms with Crippen LogP contribution in [0.3, 0.4) is 0 Å². The molecule has 0 aliphatic carbocycles. The van der Waals surface area contributed by atoms with Crippen LogP contribution in [0.2, 0.25) is 0 Å². The number of nitrogens with one attached hydrogen (secondary N) is 1. The van der Waals surface area contributed by atoms with Gasteiger partial charge in [0.25, 0.3) is 0 Å². The molecule has 5 heteroatoms. The summed E-state index contributed by atoms with van der Waals surface area (Å²) in [4.78, 5) is 20.6. The maximum absolute atomic E-state index is 12.0. The van der Waals surface area contributed by atoms with Crippen molar-refractivity contribution in [2.75, 3.05) is 33.7 Å². The number of hydrogen-bond donors (Lipinski definition) is 1. The van der Waals surface area contributed by atoms with E-state index in [2.05, 4.69) is 27.3 Å². The molecule has 1 aliphatic rings. The molecule has 2 heterocycles. The Hall–Kier alpha value is -1.72. The van der Waals surface area contributed by atoms with E-state index in [9.17, 15) is 4.79 Å². The fraction of sp³-hybridized carbons (Fsp3) is 0.556. The van der Waals surface area contributed by atoms with Gasteiger partial charge < -0.3 is 10.2 Å². The minimum absolute atomic E-state index is 0.0125. The molecule has 5 nitrogen and oxygen atoms in total. The van der Waals surface area contributed by atoms with Gasteiger partial charge in [0.1, 0.15) is 0 Å². The first-order valence-electron chi connectivity index (χ1n) is 8.28. The first-order valence-corrected chi connectivity index (χ1v) is 8.28. The lowest BCUT2D eigenvalue weighted by Crippen LogP contribution is -2.47. The highest BCUT2D eigenvalue weighted by Crippen LogP contribution is 2.14. The van der Waals surface area contributed by atoms with Crippen molar-refractivity contribution in [3.05, 3.63) is 41.7 Å². The van der Waals surface area contributed by atoms with Crippen LogP contribution < -0.4 is 5.32 Å². The summed E-state index contributed by atoms with van der Waals surface area (Å²) in [5.74, 6) is 0.0125. The van der Waals surface area contributed by atoms with Gasteiger partial charge in [-0.15, -0.1) is 0 Å². The van der Waals surface area contributed by atoms with E-state index in [1.807, 2.05) is 38.2 Å². The van der Waals surface area contributed by atoms with E-state index in [4.69, 9.17) is 0 Å². The highest BCUT2D eigenvalue weighted by molar-refractivity contribution is 5.87. The van der Waals surface area contributed by atoms with Crippen molar-refractivity contribution >= 4 is 5.91 Å². The third-order valence-electron chi connectivity index (χ3n) is 3.96. The number of nitrogens with zero attached hydrogens (tertiary/aromatic N) is 3. The lowest BCUT2D eigenvalue weighted by atomic mass is 10.0. The highest BCUT2D eigenvalue weighted by Gasteiger charge is 2.20. The maximum atomic E-state index is 12.0. The fourth-order valence-corrected chi connectivity index (χ4v) is 2.90. The predicted octanol–water partition coefficient (Wildman–Crippen LogP) is 1.59. The van der Waals surface area contributed by atoms with Crippen LogP contribution in [-0.2, 0) is 11.3 Å². The molecule has 1 unspecified atom stereocenters. The van der Waals surface area contributed by atoms with Crippen LogP contribution >= 0.6 is 0 Å². The highest BCUT2D eigenvalue weighted by atomic mass is 16.1. The van der Waals surface area contributed by atoms with Gasteiger partial charge in [0, 0.05) is 43.6 Å². The van der Waals surface area contributed by atoms with E-state index in [0.29, 0.717) is 0 Å². The molecule has 1 aromatic heterocycles. The van der Waals surface area contributed by atoms with Gasteiger partial charge in [-0.1, -0.05) is 6.08 Å². The molecule has 0 aromatic carbocycles. The Morgan fingerprint density at radius 3 is 3.09 bits per heavy atom. The van der Waals surface area contributed by atoms with Gasteiger partial charge in [-0.2, -0.15) is 0 Å². The number of carbonyl (C=O) groups is 1. The molecular formula is C18H28N4O. The molecule has 1 amide bonds. The van der Waals surface area contributed by atoms with Gasteiger partial charge in [0.2, 0.25) is 5.91 Å². The third kappa shape index (κ3) is 6.50. The summed E-state index contributed by atoms with van der Waals surface area (Å²) in [6.45, 7) is 5.72. The monoisotopic (exact) mass is 316 g/mol. The maximum Gasteiger partial charge on any atom is 0.243 e. The Balaban J connectivity index is 1.81. The second-order valence-corrected chi connectivity index (χ2v) is 6.55. The normalized spacial score (nSPS) is 19.4. The van der Waals surface area contributed by atoms with Gasteiger partial charge in [-0.3, -0.25) is 14.7 Å². The van der Waals surface area contributed by atoms with E-state index in [0.717, 1.165) is 44.7 Å². The van der Waals surface area contributed by atoms with Gasteiger partial charge in [-0.05, 0) is 58.1 Å². The lowest BCUT2D eigenvalue weighted by Gasteiger charge is -2.33. The van der Waals surface area contributed by atoms with Gasteiger partial charge in [0.05, 0.1) is 0 Å². The SMILES string of the molecule is Cc1cc(CN2CCCC(NC(=O)/C=C/CN(C)C)C2)ccn1. The topological polar surface area (TPSA) is 48.5 Å². The number of likely N-dealkylation sites (tertiary alicyclic amines) is 1. The zero-order chi connectivity index (χ0) is 16.7. The quantitative estimate of drug-likeness (QED) is 0.810. The number of amides is 1. The molecule has 0 radical (unpaired) electrons. The average Bonchev–Trinajstić information content (AvgIpc) is 2.47. The Bertz CT molecular complexity index is 542. The summed E-state index contributed by atoms with van der Waals surface area (Å²) >= 11 is 0. The average molecular weight is 316 g/mol. The summed E-state index contributed by atoms with van der Waals surface area (Å²) in [5.41, 5.74) is 2.34. The smallest absolute Gasteiger partial charge is 0.243 e. The second kappa shape index (κ2) is 8.79. The molecule has 0 bridgehead atoms. The van der Waals surface area contributed by atoms with Crippen molar-refractivity contribution in [1.82, 2.24) is 20.1 Å². The number of piperidine rings is 1. The standard InChI is InChI=1S/C18H28N4O/c1-15-12-16(8-9-19-15)13-22-11-4-6-17(14-22)20-18(23)7-5-10-21(2)3/h5,7-9,12,17H,4,6,10-11,13-14H2,1-3H3,(H,20,23)/b7-5+. The summed E-state index contributed by atoms with van der Waals surface area (Å²) in [6, 6.07) is 4.44. The van der Waals surface area contributed by atoms with E-state index in [1.165, 1.54) is 5.56 Å². The molecule has 1 N–H and O–H groups in total. The zero-order valence-corrected chi connectivity index (χ0v) is 14.5. The number of aromatic nitrogens is 1. The van der Waals surface area contributed by atoms with Crippen molar-refractivity contribution < 1.29 is 4.79 Å². The van der Waals surface area contributed by atoms with Crippen LogP contribution in [-0.4, -0.2) is 60.5 Å². The molecule has 1 saturated heterocycles. The Labute approximate surface area is 139 Å². The largest absolute Gasteiger partial charge is 0.349 e. The molecule has 1 aromatic rings. The molecular weight excluding hydrogens is 288 g/mol. The van der Waals surface area contributed by atoms with Crippen LogP contribution in [0.15, 0.2) is 30.5 Å². The minimum atomic E-state index is 0.0125. The van der Waals surface area contributed by atoms with Crippen LogP contribution in [0.5, 0.6) is 0 Å². The van der Waals surface area contributed by atoms with Crippen LogP contribution in [0, 0.1) is 6.92 Å². The lowest BCUT2D eigenvalue weighted by molar-refractivity contribution is -0.117. The van der Waals surface area contributed by atoms with Crippen molar-refractivity contribution in [2.45, 2.75) is 32.4 Å². The number of rotatable bonds is 6. The minimum Gasteiger partial charge on any atom is -0.349 e. The number of pyridine rings is 1. The Morgan fingerprint density at radius 1 is 1.52 bits per heavy atom. The molecule has 0 saturated carbocycles. The number of hydrogen-bond acceptors (Lipinski definition) is 4. The predicted molar refractivity (Wildman–Crippen MR) is 93.1 cm³/mol. The van der Waals surface area contributed by atoms with Crippen molar-refractivity contribution in [2.24, 2.45) is 0 Å². The molecule has 2 rings (SSSR count). The number of carbonyl (C=O) groups excluding carboxylic acids is 1. The van der Waals surface area contributed by atoms with Crippen molar-refractivity contribution in [3.63, 3.8) is 0 Å². The summed E-state index contributed by atoms with van der Waals surface area (Å²) in [6.07, 6.45) is 7.58. The molecule has 23 heavy (non-hydrogen) atoms. The van der Waals surface area contributed by atoms with E-state index in [-0.39, 0.29) is 11.9 Å². The van der Waals surface area contributed by atoms with E-state index >= 15 is 0 Å². The van der Waals surface area contributed by atoms with E-state index < -0.39 is 0 Å². The zero-order valence-electron chi connectivity index (χ0n) is 14.5. The molecule has 1 fully saturated rings. The summed E-state index contributed by atoms with van der Waals surface area (Å²) in [5, 5.41) is 3.12. The number of aryl methyl sites for hydroxylation is 1. The van der Waals surface area contributed by atoms with Crippen molar-refractivity contribution in [1.29, 1.82) is 0 Å². The Kier molecular flexibility index (Phi) is 6.74. The van der Waals surface area contributed by atoms with Gasteiger partial charge in [-0.25, -0.2) is 0 Å². The second-order valence-electron chi connectivity index (χ2n) is 6.55. The summed E-state index contributed by atoms with van der Waals surface area (Å²) in [7, 11) is 3.98. The van der Waals surface area contributed by atoms with E-state index in [1.54, 1.807) is 6.08 Å². The molecule has 126 valence electrons. The van der Waals surface area contributed by atoms with Crippen molar-refractivity contribution in [3.8, 4) is 0 Å².